The molecule has 27 heavy (non-hydrogen) atoms. The molecule has 2 saturated heterocycles. The fourth-order valence-electron chi connectivity index (χ4n) is 4.08. The Kier molecular flexibility index (Phi) is 5.22. The topological polar surface area (TPSA) is 54.7 Å². The van der Waals surface area contributed by atoms with E-state index >= 15 is 0 Å². The van der Waals surface area contributed by atoms with Gasteiger partial charge >= 0.3 is 0 Å². The lowest BCUT2D eigenvalue weighted by atomic mass is 9.82. The van der Waals surface area contributed by atoms with E-state index in [2.05, 4.69) is 10.2 Å². The lowest BCUT2D eigenvalue weighted by Crippen LogP contribution is -2.52. The van der Waals surface area contributed by atoms with E-state index in [1.54, 1.807) is 18.4 Å². The Morgan fingerprint density at radius 2 is 2.11 bits per heavy atom. The summed E-state index contributed by atoms with van der Waals surface area (Å²) in [6.07, 6.45) is 2.43. The molecule has 3 atom stereocenters. The van der Waals surface area contributed by atoms with E-state index in [0.29, 0.717) is 44.1 Å². The number of carbonyl (C=O) groups excluding carboxylic acids is 1. The van der Waals surface area contributed by atoms with Gasteiger partial charge in [-0.25, -0.2) is 8.78 Å². The van der Waals surface area contributed by atoms with Crippen molar-refractivity contribution in [2.75, 3.05) is 19.7 Å². The summed E-state index contributed by atoms with van der Waals surface area (Å²) in [7, 11) is 0. The van der Waals surface area contributed by atoms with E-state index in [4.69, 9.17) is 9.15 Å². The Morgan fingerprint density at radius 3 is 2.89 bits per heavy atom. The molecular weight excluding hydrogens is 354 g/mol. The second-order valence-corrected chi connectivity index (χ2v) is 7.21. The van der Waals surface area contributed by atoms with Crippen LogP contribution in [0.3, 0.4) is 0 Å². The first-order valence-electron chi connectivity index (χ1n) is 9.18. The number of piperidine rings is 1. The minimum Gasteiger partial charge on any atom is -0.467 e. The Hall–Kier alpha value is -2.25. The highest BCUT2D eigenvalue weighted by Crippen LogP contribution is 2.34. The summed E-state index contributed by atoms with van der Waals surface area (Å²) in [5, 5.41) is 2.94. The molecule has 0 bridgehead atoms. The predicted octanol–water partition coefficient (Wildman–Crippen LogP) is 2.71. The average Bonchev–Trinajstić information content (AvgIpc) is 3.33. The maximum Gasteiger partial charge on any atom is 0.225 e. The summed E-state index contributed by atoms with van der Waals surface area (Å²) >= 11 is 0. The van der Waals surface area contributed by atoms with E-state index < -0.39 is 11.6 Å². The summed E-state index contributed by atoms with van der Waals surface area (Å²) in [5.74, 6) is -1.05. The molecule has 3 heterocycles. The molecule has 2 aliphatic heterocycles. The van der Waals surface area contributed by atoms with Crippen molar-refractivity contribution >= 4 is 5.91 Å². The molecule has 1 amide bonds. The molecule has 1 N–H and O–H groups in total. The molecule has 144 valence electrons. The first-order valence-corrected chi connectivity index (χ1v) is 9.18. The Labute approximate surface area is 156 Å². The smallest absolute Gasteiger partial charge is 0.225 e. The quantitative estimate of drug-likeness (QED) is 0.872. The second-order valence-electron chi connectivity index (χ2n) is 7.21. The first kappa shape index (κ1) is 18.1. The van der Waals surface area contributed by atoms with Gasteiger partial charge in [0.2, 0.25) is 5.91 Å². The zero-order chi connectivity index (χ0) is 18.8. The number of amides is 1. The van der Waals surface area contributed by atoms with Crippen LogP contribution in [-0.2, 0) is 22.6 Å². The summed E-state index contributed by atoms with van der Waals surface area (Å²) in [5.41, 5.74) is 0.681. The minimum atomic E-state index is -0.855. The van der Waals surface area contributed by atoms with Gasteiger partial charge in [0.15, 0.2) is 11.6 Å². The van der Waals surface area contributed by atoms with Crippen molar-refractivity contribution in [1.82, 2.24) is 10.2 Å². The van der Waals surface area contributed by atoms with E-state index in [1.807, 2.05) is 6.07 Å². The molecule has 7 heteroatoms. The average molecular weight is 376 g/mol. The van der Waals surface area contributed by atoms with Crippen molar-refractivity contribution in [2.24, 2.45) is 11.8 Å². The molecule has 0 unspecified atom stereocenters. The zero-order valence-corrected chi connectivity index (χ0v) is 14.9. The highest BCUT2D eigenvalue weighted by atomic mass is 19.2. The fourth-order valence-corrected chi connectivity index (χ4v) is 4.08. The van der Waals surface area contributed by atoms with Crippen molar-refractivity contribution in [3.05, 3.63) is 59.6 Å². The summed E-state index contributed by atoms with van der Waals surface area (Å²) < 4.78 is 37.7. The van der Waals surface area contributed by atoms with Gasteiger partial charge in [-0.1, -0.05) is 6.07 Å². The van der Waals surface area contributed by atoms with Crippen LogP contribution in [0.25, 0.3) is 0 Å². The van der Waals surface area contributed by atoms with Gasteiger partial charge in [0, 0.05) is 32.2 Å². The van der Waals surface area contributed by atoms with E-state index in [0.717, 1.165) is 12.5 Å². The second kappa shape index (κ2) is 7.78. The first-order chi connectivity index (χ1) is 13.1. The molecule has 0 saturated carbocycles. The molecule has 1 aromatic heterocycles. The molecule has 2 fully saturated rings. The molecule has 2 aliphatic rings. The van der Waals surface area contributed by atoms with E-state index in [9.17, 15) is 13.6 Å². The van der Waals surface area contributed by atoms with Crippen LogP contribution in [0.2, 0.25) is 0 Å². The number of fused-ring (bicyclic) bond motifs is 1. The highest BCUT2D eigenvalue weighted by Gasteiger charge is 2.43. The number of ether oxygens (including phenoxy) is 1. The molecular formula is C20H22F2N2O3. The van der Waals surface area contributed by atoms with Crippen LogP contribution in [0.4, 0.5) is 8.78 Å². The number of nitrogens with zero attached hydrogens (tertiary/aromatic N) is 1. The third-order valence-corrected chi connectivity index (χ3v) is 5.41. The van der Waals surface area contributed by atoms with Crippen LogP contribution < -0.4 is 5.32 Å². The molecule has 0 aliphatic carbocycles. The predicted molar refractivity (Wildman–Crippen MR) is 93.5 cm³/mol. The SMILES string of the molecule is O=C(NCc1ccco1)[C@@H]1CN(Cc2ccc(F)c(F)c2)C[C@H]2OCC[C@H]21. The van der Waals surface area contributed by atoms with Crippen LogP contribution in [0.15, 0.2) is 41.0 Å². The number of likely N-dealkylation sites (tertiary alicyclic amines) is 1. The van der Waals surface area contributed by atoms with E-state index in [-0.39, 0.29) is 23.8 Å². The number of carbonyl (C=O) groups is 1. The Morgan fingerprint density at radius 1 is 1.22 bits per heavy atom. The normalized spacial score (nSPS) is 25.3. The molecule has 1 aromatic carbocycles. The number of furan rings is 1. The minimum absolute atomic E-state index is 0.0107. The molecule has 5 nitrogen and oxygen atoms in total. The number of nitrogens with one attached hydrogen (secondary N) is 1. The van der Waals surface area contributed by atoms with E-state index in [1.165, 1.54) is 6.07 Å². The fraction of sp³-hybridized carbons (Fsp3) is 0.450. The summed E-state index contributed by atoms with van der Waals surface area (Å²) in [4.78, 5) is 14.9. The van der Waals surface area contributed by atoms with Gasteiger partial charge in [-0.15, -0.1) is 0 Å². The van der Waals surface area contributed by atoms with Crippen molar-refractivity contribution in [2.45, 2.75) is 25.6 Å². The largest absolute Gasteiger partial charge is 0.467 e. The van der Waals surface area contributed by atoms with Gasteiger partial charge in [-0.05, 0) is 36.2 Å². The Balaban J connectivity index is 1.43. The zero-order valence-electron chi connectivity index (χ0n) is 14.9. The lowest BCUT2D eigenvalue weighted by Gasteiger charge is -2.39. The van der Waals surface area contributed by atoms with Crippen molar-refractivity contribution in [3.63, 3.8) is 0 Å². The maximum atomic E-state index is 13.5. The molecule has 0 radical (unpaired) electrons. The molecule has 4 rings (SSSR count). The summed E-state index contributed by atoms with van der Waals surface area (Å²) in [6.45, 7) is 2.70. The van der Waals surface area contributed by atoms with Gasteiger partial charge in [-0.2, -0.15) is 0 Å². The van der Waals surface area contributed by atoms with Gasteiger partial charge in [-0.3, -0.25) is 9.69 Å². The lowest BCUT2D eigenvalue weighted by molar-refractivity contribution is -0.131. The van der Waals surface area contributed by atoms with Crippen LogP contribution in [0.1, 0.15) is 17.7 Å². The van der Waals surface area contributed by atoms with Crippen LogP contribution in [0.5, 0.6) is 0 Å². The third kappa shape index (κ3) is 4.04. The van der Waals surface area contributed by atoms with Crippen LogP contribution in [-0.4, -0.2) is 36.6 Å². The number of rotatable bonds is 5. The standard InChI is InChI=1S/C20H22F2N2O3/c21-17-4-3-13(8-18(17)22)10-24-11-16(15-5-7-27-19(15)12-24)20(25)23-9-14-2-1-6-26-14/h1-4,6,8,15-16,19H,5,7,9-12H2,(H,23,25)/t15-,16+,19+/m0/s1. The highest BCUT2D eigenvalue weighted by molar-refractivity contribution is 5.79. The summed E-state index contributed by atoms with van der Waals surface area (Å²) in [6, 6.07) is 7.52. The number of hydrogen-bond donors (Lipinski definition) is 1. The van der Waals surface area contributed by atoms with Crippen molar-refractivity contribution < 1.29 is 22.7 Å². The van der Waals surface area contributed by atoms with Gasteiger partial charge < -0.3 is 14.5 Å². The van der Waals surface area contributed by atoms with Gasteiger partial charge in [0.05, 0.1) is 24.8 Å². The van der Waals surface area contributed by atoms with Gasteiger partial charge in [0.1, 0.15) is 5.76 Å². The van der Waals surface area contributed by atoms with Crippen LogP contribution >= 0.6 is 0 Å². The monoisotopic (exact) mass is 376 g/mol. The van der Waals surface area contributed by atoms with Crippen molar-refractivity contribution in [1.29, 1.82) is 0 Å². The number of hydrogen-bond acceptors (Lipinski definition) is 4. The maximum absolute atomic E-state index is 13.5. The van der Waals surface area contributed by atoms with Gasteiger partial charge in [0.25, 0.3) is 0 Å². The molecule has 0 spiro atoms. The third-order valence-electron chi connectivity index (χ3n) is 5.41. The number of benzene rings is 1. The molecule has 2 aromatic rings. The van der Waals surface area contributed by atoms with Crippen molar-refractivity contribution in [3.8, 4) is 0 Å². The number of halogens is 2. The Bertz CT molecular complexity index is 797. The van der Waals surface area contributed by atoms with Crippen LogP contribution in [0, 0.1) is 23.5 Å².